The van der Waals surface area contributed by atoms with Gasteiger partial charge in [-0.05, 0) is 29.8 Å². The molecule has 0 amide bonds. The largest absolute Gasteiger partial charge is 0.478 e. The summed E-state index contributed by atoms with van der Waals surface area (Å²) in [5.74, 6) is -0.354. The van der Waals surface area contributed by atoms with E-state index in [0.29, 0.717) is 16.3 Å². The summed E-state index contributed by atoms with van der Waals surface area (Å²) in [6.45, 7) is -0.0358. The first-order chi connectivity index (χ1) is 10.6. The molecular weight excluding hydrogens is 324 g/mol. The lowest BCUT2D eigenvalue weighted by molar-refractivity contribution is 0.0483. The number of carboxylic acid groups (broad SMARTS) is 1. The van der Waals surface area contributed by atoms with Gasteiger partial charge in [-0.2, -0.15) is 0 Å². The number of carbonyl (C=O) groups is 1. The number of aromatic carboxylic acids is 1. The van der Waals surface area contributed by atoms with Crippen LogP contribution in [0.1, 0.15) is 15.9 Å². The molecule has 0 saturated carbocycles. The van der Waals surface area contributed by atoms with E-state index in [1.807, 2.05) is 30.3 Å². The van der Waals surface area contributed by atoms with E-state index in [-0.39, 0.29) is 18.1 Å². The molecule has 0 radical (unpaired) electrons. The van der Waals surface area contributed by atoms with Crippen molar-refractivity contribution in [1.29, 1.82) is 0 Å². The third-order valence-corrected chi connectivity index (χ3v) is 4.11. The van der Waals surface area contributed by atoms with Crippen LogP contribution in [-0.4, -0.2) is 25.0 Å². The van der Waals surface area contributed by atoms with Crippen LogP contribution in [0.4, 0.5) is 0 Å². The van der Waals surface area contributed by atoms with Crippen molar-refractivity contribution in [2.24, 2.45) is 0 Å². The molecule has 22 heavy (non-hydrogen) atoms. The first kappa shape index (κ1) is 16.7. The van der Waals surface area contributed by atoms with E-state index in [2.05, 4.69) is 0 Å². The number of hydrogen-bond acceptors (Lipinski definition) is 4. The molecule has 116 valence electrons. The number of carboxylic acids is 1. The molecular formula is C16H15ClO4S. The number of rotatable bonds is 7. The Hall–Kier alpha value is -1.69. The number of benzene rings is 2. The molecule has 0 bridgehead atoms. The van der Waals surface area contributed by atoms with Crippen LogP contribution < -0.4 is 4.74 Å². The quantitative estimate of drug-likeness (QED) is 0.602. The topological polar surface area (TPSA) is 55.8 Å². The van der Waals surface area contributed by atoms with Crippen LogP contribution in [-0.2, 0) is 10.5 Å². The molecule has 0 aliphatic heterocycles. The Bertz CT molecular complexity index is 646. The van der Waals surface area contributed by atoms with Crippen molar-refractivity contribution in [1.82, 2.24) is 0 Å². The molecule has 0 heterocycles. The summed E-state index contributed by atoms with van der Waals surface area (Å²) in [5, 5.41) is 9.89. The van der Waals surface area contributed by atoms with Gasteiger partial charge in [0.05, 0.1) is 0 Å². The summed E-state index contributed by atoms with van der Waals surface area (Å²) >= 11 is 7.60. The van der Waals surface area contributed by atoms with Crippen LogP contribution in [0.25, 0.3) is 0 Å². The van der Waals surface area contributed by atoms with Crippen molar-refractivity contribution >= 4 is 29.3 Å². The van der Waals surface area contributed by atoms with Crippen molar-refractivity contribution < 1.29 is 19.4 Å². The third kappa shape index (κ3) is 4.40. The second-order valence-corrected chi connectivity index (χ2v) is 5.88. The Morgan fingerprint density at radius 3 is 2.64 bits per heavy atom. The predicted molar refractivity (Wildman–Crippen MR) is 86.9 cm³/mol. The second-order valence-electron chi connectivity index (χ2n) is 4.40. The average Bonchev–Trinajstić information content (AvgIpc) is 2.51. The molecule has 0 unspecified atom stereocenters. The maximum atomic E-state index is 11.6. The van der Waals surface area contributed by atoms with Crippen LogP contribution in [0.3, 0.4) is 0 Å². The van der Waals surface area contributed by atoms with Gasteiger partial charge in [0.25, 0.3) is 0 Å². The summed E-state index contributed by atoms with van der Waals surface area (Å²) in [7, 11) is 1.47. The van der Waals surface area contributed by atoms with Gasteiger partial charge >= 0.3 is 5.97 Å². The summed E-state index contributed by atoms with van der Waals surface area (Å²) in [5.41, 5.74) is 0.727. The van der Waals surface area contributed by atoms with E-state index in [1.54, 1.807) is 6.07 Å². The van der Waals surface area contributed by atoms with E-state index in [0.717, 1.165) is 4.90 Å². The average molecular weight is 339 g/mol. The fraction of sp³-hybridized carbons (Fsp3) is 0.188. The fourth-order valence-corrected chi connectivity index (χ4v) is 3.04. The highest BCUT2D eigenvalue weighted by Gasteiger charge is 2.18. The zero-order valence-corrected chi connectivity index (χ0v) is 13.5. The highest BCUT2D eigenvalue weighted by atomic mass is 35.5. The zero-order chi connectivity index (χ0) is 15.9. The van der Waals surface area contributed by atoms with E-state index in [9.17, 15) is 9.90 Å². The molecule has 2 aromatic carbocycles. The predicted octanol–water partition coefficient (Wildman–Crippen LogP) is 4.31. The first-order valence-corrected chi connectivity index (χ1v) is 7.83. The minimum atomic E-state index is -1.05. The Morgan fingerprint density at radius 2 is 2.00 bits per heavy atom. The van der Waals surface area contributed by atoms with Crippen LogP contribution in [0.5, 0.6) is 5.75 Å². The van der Waals surface area contributed by atoms with Gasteiger partial charge in [-0.3, -0.25) is 0 Å². The van der Waals surface area contributed by atoms with Crippen LogP contribution in [0.2, 0.25) is 5.02 Å². The van der Waals surface area contributed by atoms with Crippen molar-refractivity contribution in [3.05, 3.63) is 58.6 Å². The van der Waals surface area contributed by atoms with E-state index < -0.39 is 5.97 Å². The molecule has 0 fully saturated rings. The summed E-state index contributed by atoms with van der Waals surface area (Å²) < 4.78 is 10.2. The summed E-state index contributed by atoms with van der Waals surface area (Å²) in [6, 6.07) is 12.9. The lowest BCUT2D eigenvalue weighted by Crippen LogP contribution is -2.08. The molecule has 0 aliphatic rings. The smallest absolute Gasteiger partial charge is 0.339 e. The molecule has 0 saturated heterocycles. The SMILES string of the molecule is COCOc1cc(Cl)cc(CSc2ccccc2)c1C(=O)O. The van der Waals surface area contributed by atoms with Gasteiger partial charge in [-0.15, -0.1) is 11.8 Å². The molecule has 0 atom stereocenters. The number of hydrogen-bond donors (Lipinski definition) is 1. The zero-order valence-electron chi connectivity index (χ0n) is 11.9. The maximum Gasteiger partial charge on any atom is 0.339 e. The number of methoxy groups -OCH3 is 1. The van der Waals surface area contributed by atoms with Crippen molar-refractivity contribution in [3.63, 3.8) is 0 Å². The maximum absolute atomic E-state index is 11.6. The Labute approximate surface area is 138 Å². The molecule has 0 spiro atoms. The van der Waals surface area contributed by atoms with Crippen molar-refractivity contribution in [3.8, 4) is 5.75 Å². The Morgan fingerprint density at radius 1 is 1.27 bits per heavy atom. The van der Waals surface area contributed by atoms with Crippen LogP contribution in [0.15, 0.2) is 47.4 Å². The molecule has 4 nitrogen and oxygen atoms in total. The van der Waals surface area contributed by atoms with Gasteiger partial charge < -0.3 is 14.6 Å². The lowest BCUT2D eigenvalue weighted by Gasteiger charge is -2.13. The van der Waals surface area contributed by atoms with Gasteiger partial charge in [0.1, 0.15) is 11.3 Å². The number of thioether (sulfide) groups is 1. The Balaban J connectivity index is 2.28. The first-order valence-electron chi connectivity index (χ1n) is 6.47. The van der Waals surface area contributed by atoms with E-state index in [1.165, 1.54) is 24.9 Å². The standard InChI is InChI=1S/C16H15ClO4S/c1-20-10-21-14-8-12(17)7-11(15(14)16(18)19)9-22-13-5-3-2-4-6-13/h2-8H,9-10H2,1H3,(H,18,19). The fourth-order valence-electron chi connectivity index (χ4n) is 1.91. The van der Waals surface area contributed by atoms with Crippen LogP contribution in [0, 0.1) is 0 Å². The Kier molecular flexibility index (Phi) is 6.12. The molecule has 1 N–H and O–H groups in total. The van der Waals surface area contributed by atoms with E-state index in [4.69, 9.17) is 21.1 Å². The normalized spacial score (nSPS) is 10.5. The highest BCUT2D eigenvalue weighted by molar-refractivity contribution is 7.98. The van der Waals surface area contributed by atoms with Crippen molar-refractivity contribution in [2.75, 3.05) is 13.9 Å². The van der Waals surface area contributed by atoms with Gasteiger partial charge in [0, 0.05) is 22.8 Å². The molecule has 0 aromatic heterocycles. The number of halogens is 1. The second kappa shape index (κ2) is 8.08. The molecule has 2 aromatic rings. The van der Waals surface area contributed by atoms with Gasteiger partial charge in [-0.25, -0.2) is 4.79 Å². The van der Waals surface area contributed by atoms with E-state index >= 15 is 0 Å². The monoisotopic (exact) mass is 338 g/mol. The minimum absolute atomic E-state index is 0.0358. The van der Waals surface area contributed by atoms with Gasteiger partial charge in [-0.1, -0.05) is 29.8 Å². The minimum Gasteiger partial charge on any atom is -0.478 e. The van der Waals surface area contributed by atoms with Gasteiger partial charge in [0.2, 0.25) is 0 Å². The van der Waals surface area contributed by atoms with Crippen LogP contribution >= 0.6 is 23.4 Å². The molecule has 0 aliphatic carbocycles. The molecule has 2 rings (SSSR count). The lowest BCUT2D eigenvalue weighted by atomic mass is 10.1. The third-order valence-electron chi connectivity index (χ3n) is 2.83. The highest BCUT2D eigenvalue weighted by Crippen LogP contribution is 2.32. The summed E-state index contributed by atoms with van der Waals surface area (Å²) in [6.07, 6.45) is 0. The number of ether oxygens (including phenoxy) is 2. The summed E-state index contributed by atoms with van der Waals surface area (Å²) in [4.78, 5) is 12.6. The van der Waals surface area contributed by atoms with Gasteiger partial charge in [0.15, 0.2) is 6.79 Å². The molecule has 6 heteroatoms. The van der Waals surface area contributed by atoms with Crippen molar-refractivity contribution in [2.45, 2.75) is 10.6 Å².